The summed E-state index contributed by atoms with van der Waals surface area (Å²) in [6, 6.07) is 10.5. The molecule has 2 aliphatic rings. The summed E-state index contributed by atoms with van der Waals surface area (Å²) in [5.41, 5.74) is 3.95. The largest absolute Gasteiger partial charge is 0.462 e. The van der Waals surface area contributed by atoms with Gasteiger partial charge in [-0.05, 0) is 62.4 Å². The highest BCUT2D eigenvalue weighted by molar-refractivity contribution is 5.78. The summed E-state index contributed by atoms with van der Waals surface area (Å²) in [5.74, 6) is 0.354. The van der Waals surface area contributed by atoms with E-state index in [4.69, 9.17) is 4.74 Å². The van der Waals surface area contributed by atoms with E-state index in [0.29, 0.717) is 5.92 Å². The van der Waals surface area contributed by atoms with Crippen LogP contribution in [0.1, 0.15) is 32.9 Å². The number of carbonyl (C=O) groups is 1. The van der Waals surface area contributed by atoms with Crippen LogP contribution in [0, 0.1) is 29.5 Å². The number of halogens is 1. The molecule has 1 aliphatic carbocycles. The molecule has 1 N–H and O–H groups in total. The third-order valence-corrected chi connectivity index (χ3v) is 6.25. The third kappa shape index (κ3) is 3.32. The van der Waals surface area contributed by atoms with Crippen LogP contribution in [-0.2, 0) is 9.53 Å². The average Bonchev–Trinajstić information content (AvgIpc) is 3.24. The van der Waals surface area contributed by atoms with E-state index in [1.807, 2.05) is 25.1 Å². The van der Waals surface area contributed by atoms with Crippen molar-refractivity contribution in [3.05, 3.63) is 65.6 Å². The Morgan fingerprint density at radius 2 is 2.07 bits per heavy atom. The lowest BCUT2D eigenvalue weighted by molar-refractivity contribution is -0.142. The molecule has 1 saturated heterocycles. The van der Waals surface area contributed by atoms with Crippen LogP contribution in [0.25, 0.3) is 17.3 Å². The van der Waals surface area contributed by atoms with Crippen LogP contribution in [-0.4, -0.2) is 17.1 Å². The second-order valence-electron chi connectivity index (χ2n) is 7.94. The molecular weight excluding hydrogens is 353 g/mol. The van der Waals surface area contributed by atoms with E-state index in [1.54, 1.807) is 6.07 Å². The van der Waals surface area contributed by atoms with Gasteiger partial charge in [-0.2, -0.15) is 0 Å². The minimum atomic E-state index is -0.245. The van der Waals surface area contributed by atoms with Crippen molar-refractivity contribution in [1.29, 1.82) is 0 Å². The van der Waals surface area contributed by atoms with E-state index in [9.17, 15) is 9.18 Å². The normalized spacial score (nSPS) is 29.6. The number of hydrogen-bond donors (Lipinski definition) is 1. The number of H-pyrrole nitrogens is 1. The molecule has 0 bridgehead atoms. The van der Waals surface area contributed by atoms with Gasteiger partial charge in [-0.3, -0.25) is 4.79 Å². The monoisotopic (exact) mass is 379 g/mol. The second-order valence-corrected chi connectivity index (χ2v) is 7.94. The molecule has 3 nitrogen and oxygen atoms in total. The van der Waals surface area contributed by atoms with Gasteiger partial charge < -0.3 is 9.72 Å². The van der Waals surface area contributed by atoms with E-state index < -0.39 is 0 Å². The first kappa shape index (κ1) is 18.7. The molecule has 2 aromatic rings. The van der Waals surface area contributed by atoms with E-state index in [1.165, 1.54) is 17.7 Å². The van der Waals surface area contributed by atoms with Gasteiger partial charge in [0.2, 0.25) is 0 Å². The summed E-state index contributed by atoms with van der Waals surface area (Å²) in [5, 5.41) is 0. The number of ether oxygens (including phenoxy) is 1. The highest BCUT2D eigenvalue weighted by atomic mass is 19.1. The number of cyclic esters (lactones) is 1. The average molecular weight is 379 g/mol. The second kappa shape index (κ2) is 7.42. The first-order chi connectivity index (χ1) is 13.5. The van der Waals surface area contributed by atoms with Crippen LogP contribution in [0.5, 0.6) is 0 Å². The fourth-order valence-electron chi connectivity index (χ4n) is 4.90. The van der Waals surface area contributed by atoms with Crippen molar-refractivity contribution in [3.8, 4) is 11.3 Å². The number of carbonyl (C=O) groups excluding carboxylic acids is 1. The number of esters is 1. The Bertz CT molecular complexity index is 942. The van der Waals surface area contributed by atoms with Crippen molar-refractivity contribution in [1.82, 2.24) is 4.98 Å². The first-order valence-electron chi connectivity index (χ1n) is 10.00. The summed E-state index contributed by atoms with van der Waals surface area (Å²) in [6.45, 7) is 6.32. The number of nitrogens with one attached hydrogen (secondary N) is 1. The molecule has 4 heteroatoms. The minimum absolute atomic E-state index is 0.0722. The molecule has 2 heterocycles. The van der Waals surface area contributed by atoms with Gasteiger partial charge in [0, 0.05) is 22.9 Å². The highest BCUT2D eigenvalue weighted by Crippen LogP contribution is 2.47. The van der Waals surface area contributed by atoms with Crippen LogP contribution in [0.3, 0.4) is 0 Å². The van der Waals surface area contributed by atoms with Gasteiger partial charge in [0.25, 0.3) is 0 Å². The SMILES string of the molecule is CCC1C(C)=CC2C(=O)OC(C)C2C1/C=C/c1ccc(-c2cccc(F)c2)[nH]1. The molecular formula is C24H26FNO2. The van der Waals surface area contributed by atoms with Crippen LogP contribution in [0.4, 0.5) is 4.39 Å². The van der Waals surface area contributed by atoms with Crippen LogP contribution in [0.2, 0.25) is 0 Å². The maximum absolute atomic E-state index is 13.5. The van der Waals surface area contributed by atoms with Gasteiger partial charge in [-0.15, -0.1) is 0 Å². The number of rotatable bonds is 4. The van der Waals surface area contributed by atoms with Crippen LogP contribution >= 0.6 is 0 Å². The zero-order chi connectivity index (χ0) is 19.8. The Hall–Kier alpha value is -2.62. The van der Waals surface area contributed by atoms with Crippen LogP contribution in [0.15, 0.2) is 54.1 Å². The number of benzene rings is 1. The molecule has 1 aromatic carbocycles. The maximum Gasteiger partial charge on any atom is 0.313 e. The van der Waals surface area contributed by atoms with Crippen molar-refractivity contribution in [2.75, 3.05) is 0 Å². The molecule has 0 spiro atoms. The molecule has 1 fully saturated rings. The predicted octanol–water partition coefficient (Wildman–Crippen LogP) is 5.61. The smallest absolute Gasteiger partial charge is 0.313 e. The fourth-order valence-corrected chi connectivity index (χ4v) is 4.90. The maximum atomic E-state index is 13.5. The molecule has 4 rings (SSSR count). The summed E-state index contributed by atoms with van der Waals surface area (Å²) >= 11 is 0. The molecule has 0 saturated carbocycles. The van der Waals surface area contributed by atoms with Crippen molar-refractivity contribution >= 4 is 12.0 Å². The molecule has 28 heavy (non-hydrogen) atoms. The Morgan fingerprint density at radius 1 is 1.25 bits per heavy atom. The van der Waals surface area contributed by atoms with Gasteiger partial charge in [0.05, 0.1) is 5.92 Å². The Morgan fingerprint density at radius 3 is 2.82 bits per heavy atom. The van der Waals surface area contributed by atoms with E-state index in [-0.39, 0.29) is 35.6 Å². The summed E-state index contributed by atoms with van der Waals surface area (Å²) in [7, 11) is 0. The lowest BCUT2D eigenvalue weighted by Gasteiger charge is -2.36. The van der Waals surface area contributed by atoms with Gasteiger partial charge in [-0.25, -0.2) is 4.39 Å². The summed E-state index contributed by atoms with van der Waals surface area (Å²) in [4.78, 5) is 15.6. The van der Waals surface area contributed by atoms with Gasteiger partial charge >= 0.3 is 5.97 Å². The van der Waals surface area contributed by atoms with Gasteiger partial charge in [-0.1, -0.05) is 36.8 Å². The minimum Gasteiger partial charge on any atom is -0.462 e. The number of hydrogen-bond acceptors (Lipinski definition) is 2. The number of aromatic nitrogens is 1. The topological polar surface area (TPSA) is 42.1 Å². The Balaban J connectivity index is 1.61. The fraction of sp³-hybridized carbons (Fsp3) is 0.375. The first-order valence-corrected chi connectivity index (χ1v) is 10.00. The van der Waals surface area contributed by atoms with Crippen LogP contribution < -0.4 is 0 Å². The summed E-state index contributed by atoms with van der Waals surface area (Å²) in [6.07, 6.45) is 7.38. The molecule has 0 radical (unpaired) electrons. The predicted molar refractivity (Wildman–Crippen MR) is 109 cm³/mol. The molecule has 0 amide bonds. The van der Waals surface area contributed by atoms with Crippen molar-refractivity contribution in [2.24, 2.45) is 23.7 Å². The zero-order valence-corrected chi connectivity index (χ0v) is 16.5. The third-order valence-electron chi connectivity index (χ3n) is 6.25. The molecule has 146 valence electrons. The highest BCUT2D eigenvalue weighted by Gasteiger charge is 2.49. The number of allylic oxidation sites excluding steroid dienone is 2. The standard InChI is InChI=1S/C24H26FNO2/c1-4-19-14(2)12-21-23(15(3)28-24(21)27)20(19)10-8-18-9-11-22(26-18)16-6-5-7-17(25)13-16/h5-13,15,19-21,23,26H,4H2,1-3H3/b10-8+. The van der Waals surface area contributed by atoms with Crippen molar-refractivity contribution < 1.29 is 13.9 Å². The molecule has 1 aromatic heterocycles. The number of fused-ring (bicyclic) bond motifs is 1. The Kier molecular flexibility index (Phi) is 4.96. The van der Waals surface area contributed by atoms with E-state index in [2.05, 4.69) is 37.1 Å². The molecule has 5 atom stereocenters. The molecule has 5 unspecified atom stereocenters. The lowest BCUT2D eigenvalue weighted by Crippen LogP contribution is -2.35. The van der Waals surface area contributed by atoms with Crippen molar-refractivity contribution in [3.63, 3.8) is 0 Å². The van der Waals surface area contributed by atoms with E-state index in [0.717, 1.165) is 23.4 Å². The van der Waals surface area contributed by atoms with Gasteiger partial charge in [0.1, 0.15) is 11.9 Å². The van der Waals surface area contributed by atoms with E-state index >= 15 is 0 Å². The lowest BCUT2D eigenvalue weighted by atomic mass is 9.66. The van der Waals surface area contributed by atoms with Crippen molar-refractivity contribution in [2.45, 2.75) is 33.3 Å². The number of aromatic amines is 1. The summed E-state index contributed by atoms with van der Waals surface area (Å²) < 4.78 is 19.0. The quantitative estimate of drug-likeness (QED) is 0.554. The zero-order valence-electron chi connectivity index (χ0n) is 16.5. The Labute approximate surface area is 165 Å². The van der Waals surface area contributed by atoms with Gasteiger partial charge in [0.15, 0.2) is 0 Å². The molecule has 1 aliphatic heterocycles.